The first-order chi connectivity index (χ1) is 8.74. The van der Waals surface area contributed by atoms with Crippen LogP contribution in [-0.4, -0.2) is 11.1 Å². The van der Waals surface area contributed by atoms with Gasteiger partial charge in [0.1, 0.15) is 12.4 Å². The number of ether oxygens (including phenoxy) is 2. The van der Waals surface area contributed by atoms with Crippen molar-refractivity contribution in [2.45, 2.75) is 6.61 Å². The van der Waals surface area contributed by atoms with Gasteiger partial charge in [0.25, 0.3) is 0 Å². The molecule has 3 rings (SSSR count). The van der Waals surface area contributed by atoms with E-state index in [-0.39, 0.29) is 5.56 Å². The van der Waals surface area contributed by atoms with Crippen LogP contribution in [0.1, 0.15) is 15.9 Å². The number of fused-ring (bicyclic) bond motifs is 2. The largest absolute Gasteiger partial charge is 0.485 e. The molecule has 1 N–H and O–H groups in total. The van der Waals surface area contributed by atoms with Crippen molar-refractivity contribution in [3.05, 3.63) is 53.6 Å². The Morgan fingerprint density at radius 2 is 1.89 bits per heavy atom. The van der Waals surface area contributed by atoms with Crippen LogP contribution in [0.2, 0.25) is 0 Å². The monoisotopic (exact) mass is 242 g/mol. The van der Waals surface area contributed by atoms with Crippen molar-refractivity contribution in [2.24, 2.45) is 0 Å². The third-order valence-corrected chi connectivity index (χ3v) is 2.77. The first-order valence-corrected chi connectivity index (χ1v) is 5.50. The van der Waals surface area contributed by atoms with E-state index in [0.29, 0.717) is 23.9 Å². The van der Waals surface area contributed by atoms with Gasteiger partial charge in [0, 0.05) is 5.56 Å². The lowest BCUT2D eigenvalue weighted by Crippen LogP contribution is -1.97. The van der Waals surface area contributed by atoms with Crippen molar-refractivity contribution >= 4 is 5.97 Å². The molecule has 90 valence electrons. The summed E-state index contributed by atoms with van der Waals surface area (Å²) in [6.07, 6.45) is 0. The van der Waals surface area contributed by atoms with Gasteiger partial charge in [-0.3, -0.25) is 0 Å². The molecule has 0 unspecified atom stereocenters. The van der Waals surface area contributed by atoms with E-state index in [0.717, 1.165) is 5.56 Å². The third-order valence-electron chi connectivity index (χ3n) is 2.77. The van der Waals surface area contributed by atoms with E-state index in [4.69, 9.17) is 14.6 Å². The molecular formula is C14H10O4. The fraction of sp³-hybridized carbons (Fsp3) is 0.0714. The van der Waals surface area contributed by atoms with Crippen LogP contribution in [0.3, 0.4) is 0 Å². The molecule has 0 atom stereocenters. The lowest BCUT2D eigenvalue weighted by Gasteiger charge is -2.07. The molecule has 4 nitrogen and oxygen atoms in total. The molecule has 0 aromatic heterocycles. The average Bonchev–Trinajstić information content (AvgIpc) is 2.56. The van der Waals surface area contributed by atoms with Crippen LogP contribution in [0.4, 0.5) is 0 Å². The highest BCUT2D eigenvalue weighted by atomic mass is 16.5. The first-order valence-electron chi connectivity index (χ1n) is 5.50. The topological polar surface area (TPSA) is 55.8 Å². The molecule has 2 aromatic carbocycles. The molecule has 0 saturated carbocycles. The van der Waals surface area contributed by atoms with Crippen LogP contribution in [0.15, 0.2) is 42.5 Å². The Hall–Kier alpha value is -2.49. The number of aromatic carboxylic acids is 1. The summed E-state index contributed by atoms with van der Waals surface area (Å²) in [6, 6.07) is 12.1. The van der Waals surface area contributed by atoms with Gasteiger partial charge in [-0.25, -0.2) is 4.79 Å². The van der Waals surface area contributed by atoms with E-state index in [1.807, 2.05) is 24.3 Å². The van der Waals surface area contributed by atoms with Gasteiger partial charge in [-0.15, -0.1) is 0 Å². The standard InChI is InChI=1S/C14H10O4/c15-14(16)9-5-6-12-13(7-9)18-11-4-2-1-3-10(11)8-17-12/h1-7H,8H2,(H,15,16). The molecule has 4 heteroatoms. The minimum Gasteiger partial charge on any atom is -0.485 e. The number of rotatable bonds is 1. The maximum atomic E-state index is 10.9. The normalized spacial score (nSPS) is 12.4. The smallest absolute Gasteiger partial charge is 0.335 e. The Morgan fingerprint density at radius 1 is 1.06 bits per heavy atom. The average molecular weight is 242 g/mol. The molecule has 0 spiro atoms. The lowest BCUT2D eigenvalue weighted by atomic mass is 10.2. The summed E-state index contributed by atoms with van der Waals surface area (Å²) in [5.41, 5.74) is 1.11. The van der Waals surface area contributed by atoms with Gasteiger partial charge in [0.05, 0.1) is 5.56 Å². The molecule has 1 aliphatic heterocycles. The van der Waals surface area contributed by atoms with E-state index < -0.39 is 5.97 Å². The van der Waals surface area contributed by atoms with Gasteiger partial charge < -0.3 is 14.6 Å². The minimum atomic E-state index is -0.987. The second-order valence-electron chi connectivity index (χ2n) is 3.97. The summed E-state index contributed by atoms with van der Waals surface area (Å²) in [4.78, 5) is 10.9. The van der Waals surface area contributed by atoms with Crippen molar-refractivity contribution in [1.29, 1.82) is 0 Å². The van der Waals surface area contributed by atoms with Crippen LogP contribution >= 0.6 is 0 Å². The predicted molar refractivity (Wildman–Crippen MR) is 64.2 cm³/mol. The van der Waals surface area contributed by atoms with Crippen LogP contribution in [-0.2, 0) is 6.61 Å². The Morgan fingerprint density at radius 3 is 2.72 bits per heavy atom. The molecular weight excluding hydrogens is 232 g/mol. The molecule has 0 amide bonds. The van der Waals surface area contributed by atoms with Crippen LogP contribution in [0.25, 0.3) is 0 Å². The zero-order chi connectivity index (χ0) is 12.5. The summed E-state index contributed by atoms with van der Waals surface area (Å²) in [5, 5.41) is 8.96. The van der Waals surface area contributed by atoms with Crippen LogP contribution < -0.4 is 9.47 Å². The Bertz CT molecular complexity index is 619. The van der Waals surface area contributed by atoms with Crippen LogP contribution in [0.5, 0.6) is 17.2 Å². The number of carboxylic acids is 1. The fourth-order valence-corrected chi connectivity index (χ4v) is 1.84. The molecule has 0 bridgehead atoms. The van der Waals surface area contributed by atoms with E-state index in [1.165, 1.54) is 12.1 Å². The molecule has 1 heterocycles. The number of hydrogen-bond acceptors (Lipinski definition) is 3. The highest BCUT2D eigenvalue weighted by Crippen LogP contribution is 2.37. The molecule has 0 radical (unpaired) electrons. The highest BCUT2D eigenvalue weighted by molar-refractivity contribution is 5.88. The Kier molecular flexibility index (Phi) is 2.41. The fourth-order valence-electron chi connectivity index (χ4n) is 1.84. The second kappa shape index (κ2) is 4.07. The number of benzene rings is 2. The molecule has 2 aromatic rings. The van der Waals surface area contributed by atoms with Gasteiger partial charge in [-0.05, 0) is 24.3 Å². The number of hydrogen-bond donors (Lipinski definition) is 1. The number of para-hydroxylation sites is 1. The summed E-state index contributed by atoms with van der Waals surface area (Å²) < 4.78 is 11.3. The van der Waals surface area contributed by atoms with E-state index >= 15 is 0 Å². The highest BCUT2D eigenvalue weighted by Gasteiger charge is 2.17. The quantitative estimate of drug-likeness (QED) is 0.834. The minimum absolute atomic E-state index is 0.178. The zero-order valence-corrected chi connectivity index (χ0v) is 9.42. The van der Waals surface area contributed by atoms with Gasteiger partial charge >= 0.3 is 5.97 Å². The van der Waals surface area contributed by atoms with E-state index in [9.17, 15) is 4.79 Å². The third kappa shape index (κ3) is 1.78. The maximum absolute atomic E-state index is 10.9. The van der Waals surface area contributed by atoms with Gasteiger partial charge in [-0.1, -0.05) is 18.2 Å². The lowest BCUT2D eigenvalue weighted by molar-refractivity contribution is 0.0696. The van der Waals surface area contributed by atoms with Gasteiger partial charge in [0.2, 0.25) is 0 Å². The maximum Gasteiger partial charge on any atom is 0.335 e. The Labute approximate surface area is 103 Å². The molecule has 0 saturated heterocycles. The molecule has 1 aliphatic rings. The van der Waals surface area contributed by atoms with Crippen molar-refractivity contribution in [1.82, 2.24) is 0 Å². The number of carbonyl (C=O) groups is 1. The van der Waals surface area contributed by atoms with Crippen molar-refractivity contribution in [3.63, 3.8) is 0 Å². The summed E-state index contributed by atoms with van der Waals surface area (Å²) >= 11 is 0. The molecule has 0 fully saturated rings. The zero-order valence-electron chi connectivity index (χ0n) is 9.42. The van der Waals surface area contributed by atoms with Crippen LogP contribution in [0, 0.1) is 0 Å². The van der Waals surface area contributed by atoms with Gasteiger partial charge in [-0.2, -0.15) is 0 Å². The second-order valence-corrected chi connectivity index (χ2v) is 3.97. The predicted octanol–water partition coefficient (Wildman–Crippen LogP) is 3.07. The van der Waals surface area contributed by atoms with Crippen molar-refractivity contribution in [2.75, 3.05) is 0 Å². The molecule has 0 aliphatic carbocycles. The van der Waals surface area contributed by atoms with E-state index in [2.05, 4.69) is 0 Å². The van der Waals surface area contributed by atoms with Gasteiger partial charge in [0.15, 0.2) is 11.5 Å². The summed E-state index contributed by atoms with van der Waals surface area (Å²) in [5.74, 6) is 0.689. The molecule has 18 heavy (non-hydrogen) atoms. The number of carboxylic acid groups (broad SMARTS) is 1. The van der Waals surface area contributed by atoms with Crippen molar-refractivity contribution in [3.8, 4) is 17.2 Å². The van der Waals surface area contributed by atoms with E-state index in [1.54, 1.807) is 6.07 Å². The van der Waals surface area contributed by atoms with Crippen molar-refractivity contribution < 1.29 is 19.4 Å². The Balaban J connectivity index is 2.07. The summed E-state index contributed by atoms with van der Waals surface area (Å²) in [7, 11) is 0. The SMILES string of the molecule is O=C(O)c1ccc2c(c1)Oc1ccccc1CO2. The first kappa shape index (κ1) is 10.7. The summed E-state index contributed by atoms with van der Waals surface area (Å²) in [6.45, 7) is 0.412.